The van der Waals surface area contributed by atoms with Gasteiger partial charge in [0.1, 0.15) is 0 Å². The summed E-state index contributed by atoms with van der Waals surface area (Å²) in [5.74, 6) is 0. The number of hydrogen-bond acceptors (Lipinski definition) is 4. The summed E-state index contributed by atoms with van der Waals surface area (Å²) < 4.78 is 19.6. The van der Waals surface area contributed by atoms with Crippen molar-refractivity contribution in [3.8, 4) is 0 Å². The Morgan fingerprint density at radius 1 is 1.05 bits per heavy atom. The molecule has 120 valence electrons. The molecule has 0 aromatic carbocycles. The molecular weight excluding hydrogens is 285 g/mol. The zero-order valence-corrected chi connectivity index (χ0v) is 15.0. The monoisotopic (exact) mass is 317 g/mol. The second kappa shape index (κ2) is 20.7. The lowest BCUT2D eigenvalue weighted by atomic mass is 10.1. The van der Waals surface area contributed by atoms with Crippen LogP contribution < -0.4 is 5.32 Å². The minimum atomic E-state index is -2.14. The van der Waals surface area contributed by atoms with Crippen LogP contribution in [0.5, 0.6) is 0 Å². The number of hydrogen-bond donors (Lipinski definition) is 1. The second-order valence-electron chi connectivity index (χ2n) is 4.07. The molecular formula is C13H33ClNO3P. The first-order valence-corrected chi connectivity index (χ1v) is 8.37. The average Bonchev–Trinajstić information content (AvgIpc) is 2.31. The molecule has 0 amide bonds. The zero-order chi connectivity index (χ0) is 14.2. The Morgan fingerprint density at radius 2 is 1.58 bits per heavy atom. The summed E-state index contributed by atoms with van der Waals surface area (Å²) >= 11 is 0. The normalized spacial score (nSPS) is 11.5. The van der Waals surface area contributed by atoms with Crippen molar-refractivity contribution in [1.82, 2.24) is 5.32 Å². The van der Waals surface area contributed by atoms with Crippen LogP contribution in [0, 0.1) is 0 Å². The van der Waals surface area contributed by atoms with Gasteiger partial charge >= 0.3 is 8.25 Å². The molecule has 0 aliphatic carbocycles. The summed E-state index contributed by atoms with van der Waals surface area (Å²) in [5, 5.41) is 3.40. The molecule has 0 spiro atoms. The Labute approximate surface area is 126 Å². The van der Waals surface area contributed by atoms with E-state index in [-0.39, 0.29) is 12.4 Å². The molecule has 1 N–H and O–H groups in total. The van der Waals surface area contributed by atoms with Crippen LogP contribution in [0.2, 0.25) is 0 Å². The summed E-state index contributed by atoms with van der Waals surface area (Å²) in [5.41, 5.74) is 0. The van der Waals surface area contributed by atoms with Crippen molar-refractivity contribution in [2.75, 3.05) is 19.8 Å². The quantitative estimate of drug-likeness (QED) is 0.478. The molecule has 6 heteroatoms. The molecule has 1 atom stereocenters. The Hall–Kier alpha value is 0.400. The van der Waals surface area contributed by atoms with Crippen molar-refractivity contribution in [2.45, 2.75) is 66.3 Å². The lowest BCUT2D eigenvalue weighted by Crippen LogP contribution is -2.25. The van der Waals surface area contributed by atoms with E-state index in [9.17, 15) is 4.57 Å². The summed E-state index contributed by atoms with van der Waals surface area (Å²) in [6, 6.07) is 0.719. The van der Waals surface area contributed by atoms with Crippen molar-refractivity contribution in [3.05, 3.63) is 0 Å². The van der Waals surface area contributed by atoms with Gasteiger partial charge in [-0.3, -0.25) is 4.57 Å². The molecule has 0 aromatic heterocycles. The van der Waals surface area contributed by atoms with Crippen LogP contribution in [0.4, 0.5) is 0 Å². The summed E-state index contributed by atoms with van der Waals surface area (Å²) in [4.78, 5) is 0. The Bertz CT molecular complexity index is 177. The Balaban J connectivity index is -0.000000262. The van der Waals surface area contributed by atoms with Gasteiger partial charge in [-0.25, -0.2) is 0 Å². The van der Waals surface area contributed by atoms with Crippen LogP contribution in [0.15, 0.2) is 0 Å². The molecule has 0 aliphatic heterocycles. The van der Waals surface area contributed by atoms with E-state index < -0.39 is 8.25 Å². The summed E-state index contributed by atoms with van der Waals surface area (Å²) in [6.07, 6.45) is 5.43. The average molecular weight is 318 g/mol. The maximum Gasteiger partial charge on any atom is 0.319 e. The van der Waals surface area contributed by atoms with Gasteiger partial charge < -0.3 is 14.4 Å². The minimum Gasteiger partial charge on any atom is -0.315 e. The highest BCUT2D eigenvalue weighted by atomic mass is 35.5. The van der Waals surface area contributed by atoms with E-state index in [1.165, 1.54) is 25.7 Å². The first kappa shape index (κ1) is 24.4. The molecule has 0 aromatic rings. The molecule has 0 saturated carbocycles. The van der Waals surface area contributed by atoms with Gasteiger partial charge in [-0.05, 0) is 33.7 Å². The maximum atomic E-state index is 10.4. The number of rotatable bonds is 10. The summed E-state index contributed by atoms with van der Waals surface area (Å²) in [6.45, 7) is 12.2. The fraction of sp³-hybridized carbons (Fsp3) is 1.00. The van der Waals surface area contributed by atoms with Crippen molar-refractivity contribution < 1.29 is 13.6 Å². The molecule has 0 heterocycles. The number of nitrogens with one attached hydrogen (secondary N) is 1. The van der Waals surface area contributed by atoms with Gasteiger partial charge in [-0.2, -0.15) is 0 Å². The second-order valence-corrected chi connectivity index (χ2v) is 5.15. The maximum absolute atomic E-state index is 10.4. The van der Waals surface area contributed by atoms with E-state index >= 15 is 0 Å². The van der Waals surface area contributed by atoms with E-state index in [0.29, 0.717) is 13.2 Å². The molecule has 0 radical (unpaired) electrons. The first-order valence-electron chi connectivity index (χ1n) is 7.15. The van der Waals surface area contributed by atoms with E-state index in [2.05, 4.69) is 35.1 Å². The number of halogens is 1. The SMILES string of the molecule is CCCCCC(C)NCC.CCO[PH](=O)OCC.Cl. The van der Waals surface area contributed by atoms with Gasteiger partial charge in [0, 0.05) is 6.04 Å². The van der Waals surface area contributed by atoms with Gasteiger partial charge in [-0.15, -0.1) is 12.4 Å². The van der Waals surface area contributed by atoms with Gasteiger partial charge in [0.05, 0.1) is 13.2 Å². The van der Waals surface area contributed by atoms with Crippen LogP contribution in [-0.2, 0) is 13.6 Å². The topological polar surface area (TPSA) is 47.6 Å². The Morgan fingerprint density at radius 3 is 1.95 bits per heavy atom. The van der Waals surface area contributed by atoms with Crippen molar-refractivity contribution in [1.29, 1.82) is 0 Å². The van der Waals surface area contributed by atoms with Crippen LogP contribution >= 0.6 is 20.7 Å². The lowest BCUT2D eigenvalue weighted by molar-refractivity contribution is 0.243. The largest absolute Gasteiger partial charge is 0.319 e. The van der Waals surface area contributed by atoms with Crippen LogP contribution in [0.3, 0.4) is 0 Å². The minimum absolute atomic E-state index is 0. The lowest BCUT2D eigenvalue weighted by Gasteiger charge is -2.10. The smallest absolute Gasteiger partial charge is 0.315 e. The molecule has 0 rings (SSSR count). The third-order valence-electron chi connectivity index (χ3n) is 2.32. The van der Waals surface area contributed by atoms with Gasteiger partial charge in [-0.1, -0.05) is 33.1 Å². The van der Waals surface area contributed by atoms with E-state index in [1.54, 1.807) is 13.8 Å². The van der Waals surface area contributed by atoms with Crippen LogP contribution in [0.25, 0.3) is 0 Å². The van der Waals surface area contributed by atoms with Crippen molar-refractivity contribution in [3.63, 3.8) is 0 Å². The molecule has 0 fully saturated rings. The van der Waals surface area contributed by atoms with Gasteiger partial charge in [0.2, 0.25) is 0 Å². The Kier molecular flexibility index (Phi) is 26.6. The van der Waals surface area contributed by atoms with E-state index in [0.717, 1.165) is 12.6 Å². The molecule has 0 bridgehead atoms. The molecule has 1 unspecified atom stereocenters. The molecule has 0 aliphatic rings. The van der Waals surface area contributed by atoms with E-state index in [1.807, 2.05) is 0 Å². The molecule has 0 saturated heterocycles. The van der Waals surface area contributed by atoms with Crippen LogP contribution in [0.1, 0.15) is 60.3 Å². The fourth-order valence-electron chi connectivity index (χ4n) is 1.43. The highest BCUT2D eigenvalue weighted by Gasteiger charge is 1.96. The van der Waals surface area contributed by atoms with Crippen molar-refractivity contribution >= 4 is 20.7 Å². The molecule has 4 nitrogen and oxygen atoms in total. The predicted octanol–water partition coefficient (Wildman–Crippen LogP) is 4.44. The van der Waals surface area contributed by atoms with Crippen molar-refractivity contribution in [2.24, 2.45) is 0 Å². The highest BCUT2D eigenvalue weighted by Crippen LogP contribution is 2.21. The van der Waals surface area contributed by atoms with E-state index in [4.69, 9.17) is 0 Å². The third-order valence-corrected chi connectivity index (χ3v) is 3.37. The first-order chi connectivity index (χ1) is 8.62. The van der Waals surface area contributed by atoms with Crippen LogP contribution in [-0.4, -0.2) is 25.8 Å². The molecule has 19 heavy (non-hydrogen) atoms. The third kappa shape index (κ3) is 23.9. The zero-order valence-electron chi connectivity index (χ0n) is 13.2. The fourth-order valence-corrected chi connectivity index (χ4v) is 1.98. The summed E-state index contributed by atoms with van der Waals surface area (Å²) in [7, 11) is -2.14. The van der Waals surface area contributed by atoms with Gasteiger partial charge in [0.25, 0.3) is 0 Å². The highest BCUT2D eigenvalue weighted by molar-refractivity contribution is 7.33. The standard InChI is InChI=1S/C9H21N.C4H11O3P.ClH/c1-4-6-7-8-9(3)10-5-2;1-3-6-8(5)7-4-2;/h9-10H,4-8H2,1-3H3;8H,3-4H2,1-2H3;1H. The number of unbranched alkanes of at least 4 members (excludes halogenated alkanes) is 2. The predicted molar refractivity (Wildman–Crippen MR) is 86.8 cm³/mol. The van der Waals surface area contributed by atoms with Gasteiger partial charge in [0.15, 0.2) is 0 Å².